The van der Waals surface area contributed by atoms with E-state index in [1.807, 2.05) is 6.07 Å². The Morgan fingerprint density at radius 3 is 2.56 bits per heavy atom. The van der Waals surface area contributed by atoms with Gasteiger partial charge in [-0.25, -0.2) is 4.79 Å². The Morgan fingerprint density at radius 2 is 1.89 bits per heavy atom. The average molecular weight is 375 g/mol. The molecule has 1 aliphatic carbocycles. The number of benzene rings is 1. The predicted molar refractivity (Wildman–Crippen MR) is 98.7 cm³/mol. The number of Topliss-reactive ketones (excluding diaryl/α,β-unsaturated/α-hetero) is 1. The van der Waals surface area contributed by atoms with Crippen LogP contribution in [-0.4, -0.2) is 57.3 Å². The number of carbonyl (C=O) groups excluding carboxylic acids is 2. The maximum absolute atomic E-state index is 13.0. The van der Waals surface area contributed by atoms with E-state index in [1.54, 1.807) is 40.4 Å². The molecule has 1 aromatic carbocycles. The fraction of sp³-hybridized carbons (Fsp3) is 0.500. The zero-order valence-electron chi connectivity index (χ0n) is 16.1. The Kier molecular flexibility index (Phi) is 5.58. The van der Waals surface area contributed by atoms with Gasteiger partial charge in [-0.05, 0) is 30.5 Å². The maximum atomic E-state index is 13.0. The minimum absolute atomic E-state index is 0.0517. The van der Waals surface area contributed by atoms with E-state index in [0.717, 1.165) is 5.56 Å². The summed E-state index contributed by atoms with van der Waals surface area (Å²) in [6.07, 6.45) is 2.43. The summed E-state index contributed by atoms with van der Waals surface area (Å²) in [5.41, 5.74) is 1.26. The molecule has 3 unspecified atom stereocenters. The van der Waals surface area contributed by atoms with Crippen molar-refractivity contribution in [3.63, 3.8) is 0 Å². The lowest BCUT2D eigenvalue weighted by Gasteiger charge is -2.37. The zero-order valence-corrected chi connectivity index (χ0v) is 16.1. The highest BCUT2D eigenvalue weighted by atomic mass is 16.6. The molecular formula is C20H25NO6. The van der Waals surface area contributed by atoms with E-state index in [2.05, 4.69) is 0 Å². The molecule has 1 saturated carbocycles. The molecule has 0 bridgehead atoms. The third kappa shape index (κ3) is 3.86. The molecule has 1 aliphatic heterocycles. The number of ether oxygens (including phenoxy) is 4. The minimum atomic E-state index is -0.373. The molecule has 0 saturated heterocycles. The number of hydrogen-bond acceptors (Lipinski definition) is 6. The van der Waals surface area contributed by atoms with Crippen molar-refractivity contribution in [3.8, 4) is 11.5 Å². The van der Waals surface area contributed by atoms with Crippen molar-refractivity contribution < 1.29 is 28.5 Å². The first-order chi connectivity index (χ1) is 12.9. The fourth-order valence-electron chi connectivity index (χ4n) is 3.53. The van der Waals surface area contributed by atoms with Gasteiger partial charge in [-0.3, -0.25) is 4.79 Å². The Hall–Kier alpha value is -2.70. The van der Waals surface area contributed by atoms with Gasteiger partial charge in [0.05, 0.1) is 32.0 Å². The highest BCUT2D eigenvalue weighted by Gasteiger charge is 2.41. The van der Waals surface area contributed by atoms with Crippen molar-refractivity contribution in [1.82, 2.24) is 4.90 Å². The number of ketones is 1. The van der Waals surface area contributed by atoms with Gasteiger partial charge in [-0.15, -0.1) is 0 Å². The summed E-state index contributed by atoms with van der Waals surface area (Å²) >= 11 is 0. The SMILES string of the molecule is COc1ccc(C2=COC3CC(OC(=O)N(C)C)CCC3C2=O)cc1OC. The molecule has 0 spiro atoms. The van der Waals surface area contributed by atoms with Crippen LogP contribution in [0.5, 0.6) is 11.5 Å². The van der Waals surface area contributed by atoms with Gasteiger partial charge in [0.1, 0.15) is 12.2 Å². The lowest BCUT2D eigenvalue weighted by Crippen LogP contribution is -2.42. The number of amides is 1. The second-order valence-corrected chi connectivity index (χ2v) is 6.96. The van der Waals surface area contributed by atoms with Gasteiger partial charge in [0.15, 0.2) is 17.3 Å². The highest BCUT2D eigenvalue weighted by molar-refractivity contribution is 6.22. The van der Waals surface area contributed by atoms with Crippen LogP contribution in [0, 0.1) is 5.92 Å². The van der Waals surface area contributed by atoms with Gasteiger partial charge < -0.3 is 23.8 Å². The smallest absolute Gasteiger partial charge is 0.409 e. The van der Waals surface area contributed by atoms with Crippen molar-refractivity contribution >= 4 is 17.4 Å². The van der Waals surface area contributed by atoms with E-state index < -0.39 is 0 Å². The number of carbonyl (C=O) groups is 2. The van der Waals surface area contributed by atoms with Gasteiger partial charge >= 0.3 is 6.09 Å². The molecular weight excluding hydrogens is 350 g/mol. The molecule has 27 heavy (non-hydrogen) atoms. The number of hydrogen-bond donors (Lipinski definition) is 0. The molecule has 0 N–H and O–H groups in total. The molecule has 3 atom stereocenters. The standard InChI is InChI=1S/C20H25NO6/c1-21(2)20(23)27-13-6-7-14-17(10-13)26-11-15(19(14)22)12-5-8-16(24-3)18(9-12)25-4/h5,8-9,11,13-14,17H,6-7,10H2,1-4H3. The van der Waals surface area contributed by atoms with Crippen LogP contribution in [0.3, 0.4) is 0 Å². The van der Waals surface area contributed by atoms with Crippen LogP contribution in [-0.2, 0) is 14.3 Å². The third-order valence-corrected chi connectivity index (χ3v) is 5.03. The quantitative estimate of drug-likeness (QED) is 0.806. The second kappa shape index (κ2) is 7.90. The molecule has 0 radical (unpaired) electrons. The Morgan fingerprint density at radius 1 is 1.15 bits per heavy atom. The summed E-state index contributed by atoms with van der Waals surface area (Å²) in [4.78, 5) is 26.2. The summed E-state index contributed by atoms with van der Waals surface area (Å²) < 4.78 is 21.9. The number of allylic oxidation sites excluding steroid dienone is 1. The third-order valence-electron chi connectivity index (χ3n) is 5.03. The lowest BCUT2D eigenvalue weighted by molar-refractivity contribution is -0.126. The minimum Gasteiger partial charge on any atom is -0.496 e. The van der Waals surface area contributed by atoms with E-state index in [0.29, 0.717) is 36.3 Å². The van der Waals surface area contributed by atoms with Crippen molar-refractivity contribution in [2.24, 2.45) is 5.92 Å². The first-order valence-corrected chi connectivity index (χ1v) is 8.94. The van der Waals surface area contributed by atoms with Gasteiger partial charge in [0.2, 0.25) is 0 Å². The Bertz CT molecular complexity index is 757. The summed E-state index contributed by atoms with van der Waals surface area (Å²) in [5, 5.41) is 0. The highest BCUT2D eigenvalue weighted by Crippen LogP contribution is 2.39. The van der Waals surface area contributed by atoms with E-state index >= 15 is 0 Å². The summed E-state index contributed by atoms with van der Waals surface area (Å²) in [5.74, 6) is 0.987. The Labute approximate surface area is 158 Å². The first kappa shape index (κ1) is 19.1. The molecule has 1 amide bonds. The molecule has 146 valence electrons. The van der Waals surface area contributed by atoms with E-state index in [9.17, 15) is 9.59 Å². The van der Waals surface area contributed by atoms with Crippen LogP contribution in [0.2, 0.25) is 0 Å². The topological polar surface area (TPSA) is 74.3 Å². The van der Waals surface area contributed by atoms with Gasteiger partial charge in [0.25, 0.3) is 0 Å². The zero-order chi connectivity index (χ0) is 19.6. The van der Waals surface area contributed by atoms with Crippen molar-refractivity contribution in [1.29, 1.82) is 0 Å². The van der Waals surface area contributed by atoms with Crippen LogP contribution in [0.1, 0.15) is 24.8 Å². The normalized spacial score (nSPS) is 24.2. The molecule has 7 nitrogen and oxygen atoms in total. The van der Waals surface area contributed by atoms with Crippen LogP contribution in [0.25, 0.3) is 5.57 Å². The van der Waals surface area contributed by atoms with Crippen molar-refractivity contribution in [2.75, 3.05) is 28.3 Å². The van der Waals surface area contributed by atoms with Gasteiger partial charge in [0, 0.05) is 20.5 Å². The summed E-state index contributed by atoms with van der Waals surface area (Å²) in [7, 11) is 6.42. The lowest BCUT2D eigenvalue weighted by atomic mass is 9.78. The number of nitrogens with zero attached hydrogens (tertiary/aromatic N) is 1. The molecule has 2 aliphatic rings. The Balaban J connectivity index is 1.75. The molecule has 0 aromatic heterocycles. The molecule has 7 heteroatoms. The van der Waals surface area contributed by atoms with Crippen molar-refractivity contribution in [2.45, 2.75) is 31.5 Å². The average Bonchev–Trinajstić information content (AvgIpc) is 2.67. The molecule has 3 rings (SSSR count). The first-order valence-electron chi connectivity index (χ1n) is 8.94. The fourth-order valence-corrected chi connectivity index (χ4v) is 3.53. The van der Waals surface area contributed by atoms with Crippen LogP contribution in [0.4, 0.5) is 4.79 Å². The second-order valence-electron chi connectivity index (χ2n) is 6.96. The number of rotatable bonds is 4. The van der Waals surface area contributed by atoms with Crippen molar-refractivity contribution in [3.05, 3.63) is 30.0 Å². The molecule has 1 aromatic rings. The van der Waals surface area contributed by atoms with Crippen LogP contribution >= 0.6 is 0 Å². The summed E-state index contributed by atoms with van der Waals surface area (Å²) in [6.45, 7) is 0. The number of methoxy groups -OCH3 is 2. The largest absolute Gasteiger partial charge is 0.496 e. The van der Waals surface area contributed by atoms with Gasteiger partial charge in [-0.1, -0.05) is 6.07 Å². The number of fused-ring (bicyclic) bond motifs is 1. The summed E-state index contributed by atoms with van der Waals surface area (Å²) in [6, 6.07) is 5.36. The maximum Gasteiger partial charge on any atom is 0.409 e. The predicted octanol–water partition coefficient (Wildman–Crippen LogP) is 2.88. The van der Waals surface area contributed by atoms with E-state index in [4.69, 9.17) is 18.9 Å². The van der Waals surface area contributed by atoms with Crippen LogP contribution in [0.15, 0.2) is 24.5 Å². The van der Waals surface area contributed by atoms with E-state index in [-0.39, 0.29) is 30.0 Å². The molecule has 1 heterocycles. The monoisotopic (exact) mass is 375 g/mol. The van der Waals surface area contributed by atoms with E-state index in [1.165, 1.54) is 11.2 Å². The molecule has 1 fully saturated rings. The van der Waals surface area contributed by atoms with Crippen LogP contribution < -0.4 is 9.47 Å². The van der Waals surface area contributed by atoms with Gasteiger partial charge in [-0.2, -0.15) is 0 Å².